The topological polar surface area (TPSA) is 58.1 Å². The summed E-state index contributed by atoms with van der Waals surface area (Å²) in [6, 6.07) is 10.0. The first-order valence-corrected chi connectivity index (χ1v) is 11.6. The van der Waals surface area contributed by atoms with Crippen LogP contribution >= 0.6 is 0 Å². The molecule has 5 rings (SSSR count). The zero-order chi connectivity index (χ0) is 23.7. The van der Waals surface area contributed by atoms with Crippen LogP contribution in [0.3, 0.4) is 0 Å². The number of hydrogen-bond donors (Lipinski definition) is 0. The Morgan fingerprint density at radius 3 is 2.35 bits per heavy atom. The van der Waals surface area contributed by atoms with Crippen LogP contribution in [0, 0.1) is 0 Å². The van der Waals surface area contributed by atoms with Crippen molar-refractivity contribution in [3.8, 4) is 11.5 Å². The fourth-order valence-corrected chi connectivity index (χ4v) is 4.97. The number of ether oxygens (including phenoxy) is 2. The molecular formula is C24H27F3N4O3. The summed E-state index contributed by atoms with van der Waals surface area (Å²) >= 11 is 0. The van der Waals surface area contributed by atoms with Crippen molar-refractivity contribution in [3.05, 3.63) is 48.2 Å². The van der Waals surface area contributed by atoms with Crippen molar-refractivity contribution in [2.24, 2.45) is 0 Å². The molecule has 0 aliphatic carbocycles. The maximum Gasteiger partial charge on any atom is 0.419 e. The average molecular weight is 476 g/mol. The van der Waals surface area contributed by atoms with Crippen LogP contribution in [0.15, 0.2) is 42.6 Å². The summed E-state index contributed by atoms with van der Waals surface area (Å²) < 4.78 is 51.6. The van der Waals surface area contributed by atoms with Gasteiger partial charge in [-0.25, -0.2) is 4.98 Å². The lowest BCUT2D eigenvalue weighted by molar-refractivity contribution is -0.143. The monoisotopic (exact) mass is 476 g/mol. The molecule has 182 valence electrons. The lowest BCUT2D eigenvalue weighted by Crippen LogP contribution is -2.55. The number of pyridine rings is 1. The Morgan fingerprint density at radius 1 is 0.941 bits per heavy atom. The molecule has 0 spiro atoms. The van der Waals surface area contributed by atoms with Gasteiger partial charge in [-0.1, -0.05) is 12.1 Å². The number of halogens is 3. The van der Waals surface area contributed by atoms with Crippen LogP contribution in [0.2, 0.25) is 0 Å². The van der Waals surface area contributed by atoms with Gasteiger partial charge in [0.15, 0.2) is 11.5 Å². The molecule has 2 fully saturated rings. The molecule has 1 atom stereocenters. The number of anilines is 1. The van der Waals surface area contributed by atoms with Gasteiger partial charge in [-0.2, -0.15) is 13.2 Å². The number of likely N-dealkylation sites (tertiary alicyclic amines) is 1. The molecule has 1 aromatic heterocycles. The molecule has 0 radical (unpaired) electrons. The number of carbonyl (C=O) groups is 1. The molecule has 3 aliphatic rings. The first kappa shape index (κ1) is 22.8. The molecule has 10 heteroatoms. The Bertz CT molecular complexity index is 1020. The van der Waals surface area contributed by atoms with E-state index in [4.69, 9.17) is 9.47 Å². The highest BCUT2D eigenvalue weighted by atomic mass is 19.4. The number of amides is 1. The van der Waals surface area contributed by atoms with E-state index in [2.05, 4.69) is 9.88 Å². The molecule has 2 saturated heterocycles. The molecule has 7 nitrogen and oxygen atoms in total. The third-order valence-electron chi connectivity index (χ3n) is 6.78. The van der Waals surface area contributed by atoms with E-state index in [0.29, 0.717) is 56.8 Å². The molecule has 0 bridgehead atoms. The second kappa shape index (κ2) is 9.32. The second-order valence-corrected chi connectivity index (χ2v) is 8.82. The Kier molecular flexibility index (Phi) is 6.24. The minimum Gasteiger partial charge on any atom is -0.485 e. The van der Waals surface area contributed by atoms with Gasteiger partial charge in [-0.3, -0.25) is 9.69 Å². The fraction of sp³-hybridized carbons (Fsp3) is 0.500. The van der Waals surface area contributed by atoms with Crippen LogP contribution in [0.1, 0.15) is 18.4 Å². The molecule has 3 aliphatic heterocycles. The molecule has 1 amide bonds. The summed E-state index contributed by atoms with van der Waals surface area (Å²) in [5.74, 6) is 1.18. The summed E-state index contributed by atoms with van der Waals surface area (Å²) in [5, 5.41) is 0. The number of rotatable bonds is 3. The lowest BCUT2D eigenvalue weighted by Gasteiger charge is -2.43. The number of alkyl halides is 3. The van der Waals surface area contributed by atoms with E-state index >= 15 is 0 Å². The largest absolute Gasteiger partial charge is 0.485 e. The highest BCUT2D eigenvalue weighted by molar-refractivity contribution is 5.82. The minimum absolute atomic E-state index is 0.00587. The van der Waals surface area contributed by atoms with Crippen LogP contribution in [0.25, 0.3) is 0 Å². The van der Waals surface area contributed by atoms with Crippen LogP contribution in [-0.4, -0.2) is 78.7 Å². The van der Waals surface area contributed by atoms with Crippen LogP contribution in [-0.2, 0) is 11.0 Å². The van der Waals surface area contributed by atoms with E-state index in [9.17, 15) is 18.0 Å². The van der Waals surface area contributed by atoms with Gasteiger partial charge in [0, 0.05) is 51.5 Å². The van der Waals surface area contributed by atoms with Crippen LogP contribution in [0.4, 0.5) is 19.0 Å². The third-order valence-corrected chi connectivity index (χ3v) is 6.78. The van der Waals surface area contributed by atoms with E-state index in [0.717, 1.165) is 18.9 Å². The van der Waals surface area contributed by atoms with Crippen molar-refractivity contribution in [3.63, 3.8) is 0 Å². The van der Waals surface area contributed by atoms with Gasteiger partial charge in [-0.15, -0.1) is 0 Å². The molecule has 4 heterocycles. The predicted octanol–water partition coefficient (Wildman–Crippen LogP) is 3.05. The molecule has 2 aromatic rings. The Hall–Kier alpha value is -3.01. The van der Waals surface area contributed by atoms with E-state index in [-0.39, 0.29) is 18.3 Å². The number of carbonyl (C=O) groups excluding carboxylic acids is 1. The van der Waals surface area contributed by atoms with Crippen LogP contribution in [0.5, 0.6) is 11.5 Å². The number of benzene rings is 1. The summed E-state index contributed by atoms with van der Waals surface area (Å²) in [6.07, 6.45) is -2.00. The summed E-state index contributed by atoms with van der Waals surface area (Å²) in [5.41, 5.74) is -0.688. The molecule has 0 N–H and O–H groups in total. The molecular weight excluding hydrogens is 449 g/mol. The third kappa shape index (κ3) is 4.64. The first-order valence-electron chi connectivity index (χ1n) is 11.6. The number of hydrogen-bond acceptors (Lipinski definition) is 6. The van der Waals surface area contributed by atoms with Crippen molar-refractivity contribution < 1.29 is 27.4 Å². The standard InChI is InChI=1S/C24H27F3N4O3/c25-24(26,27)18-4-3-9-28-22(18)30-14-12-29(13-15-30)17-7-10-31(11-8-17)23(32)21-16-33-19-5-1-2-6-20(19)34-21/h1-6,9,17,21H,7-8,10-16H2/t21-/m1/s1. The Balaban J connectivity index is 1.13. The predicted molar refractivity (Wildman–Crippen MR) is 119 cm³/mol. The van der Waals surface area contributed by atoms with Gasteiger partial charge in [0.05, 0.1) is 5.56 Å². The average Bonchev–Trinajstić information content (AvgIpc) is 2.88. The van der Waals surface area contributed by atoms with E-state index in [1.54, 1.807) is 11.0 Å². The second-order valence-electron chi connectivity index (χ2n) is 8.82. The zero-order valence-corrected chi connectivity index (χ0v) is 18.7. The number of fused-ring (bicyclic) bond motifs is 1. The van der Waals surface area contributed by atoms with Gasteiger partial charge in [0.1, 0.15) is 12.4 Å². The van der Waals surface area contributed by atoms with Gasteiger partial charge in [-0.05, 0) is 37.1 Å². The summed E-state index contributed by atoms with van der Waals surface area (Å²) in [4.78, 5) is 22.9. The minimum atomic E-state index is -4.42. The van der Waals surface area contributed by atoms with E-state index in [1.807, 2.05) is 23.1 Å². The van der Waals surface area contributed by atoms with Crippen molar-refractivity contribution in [2.45, 2.75) is 31.2 Å². The van der Waals surface area contributed by atoms with Crippen molar-refractivity contribution >= 4 is 11.7 Å². The van der Waals surface area contributed by atoms with Crippen molar-refractivity contribution in [1.29, 1.82) is 0 Å². The molecule has 0 unspecified atom stereocenters. The fourth-order valence-electron chi connectivity index (χ4n) is 4.97. The highest BCUT2D eigenvalue weighted by Gasteiger charge is 2.38. The van der Waals surface area contributed by atoms with Gasteiger partial charge >= 0.3 is 6.18 Å². The van der Waals surface area contributed by atoms with Crippen molar-refractivity contribution in [2.75, 3.05) is 50.8 Å². The Labute approximate surface area is 196 Å². The number of nitrogens with zero attached hydrogens (tertiary/aromatic N) is 4. The summed E-state index contributed by atoms with van der Waals surface area (Å²) in [6.45, 7) is 3.78. The van der Waals surface area contributed by atoms with Crippen LogP contribution < -0.4 is 14.4 Å². The van der Waals surface area contributed by atoms with Crippen molar-refractivity contribution in [1.82, 2.24) is 14.8 Å². The zero-order valence-electron chi connectivity index (χ0n) is 18.7. The molecule has 0 saturated carbocycles. The maximum atomic E-state index is 13.4. The number of aromatic nitrogens is 1. The SMILES string of the molecule is O=C([C@H]1COc2ccccc2O1)N1CCC(N2CCN(c3ncccc3C(F)(F)F)CC2)CC1. The van der Waals surface area contributed by atoms with Gasteiger partial charge in [0.2, 0.25) is 6.10 Å². The normalized spacial score (nSPS) is 22.0. The number of para-hydroxylation sites is 2. The van der Waals surface area contributed by atoms with Gasteiger partial charge < -0.3 is 19.3 Å². The summed E-state index contributed by atoms with van der Waals surface area (Å²) in [7, 11) is 0. The van der Waals surface area contributed by atoms with E-state index < -0.39 is 17.8 Å². The van der Waals surface area contributed by atoms with Gasteiger partial charge in [0.25, 0.3) is 5.91 Å². The number of piperidine rings is 1. The first-order chi connectivity index (χ1) is 16.4. The highest BCUT2D eigenvalue weighted by Crippen LogP contribution is 2.36. The lowest BCUT2D eigenvalue weighted by atomic mass is 10.0. The quantitative estimate of drug-likeness (QED) is 0.679. The number of piperazine rings is 1. The molecule has 1 aromatic carbocycles. The maximum absolute atomic E-state index is 13.4. The molecule has 34 heavy (non-hydrogen) atoms. The smallest absolute Gasteiger partial charge is 0.419 e. The Morgan fingerprint density at radius 2 is 1.65 bits per heavy atom. The van der Waals surface area contributed by atoms with E-state index in [1.165, 1.54) is 12.3 Å².